The monoisotopic (exact) mass is 365 g/mol. The van der Waals surface area contributed by atoms with Crippen LogP contribution in [-0.4, -0.2) is 4.57 Å². The molecule has 0 spiro atoms. The normalized spacial score (nSPS) is 11.4. The summed E-state index contributed by atoms with van der Waals surface area (Å²) < 4.78 is 15.7. The molecule has 0 bridgehead atoms. The maximum atomic E-state index is 13.3. The summed E-state index contributed by atoms with van der Waals surface area (Å²) in [6.07, 6.45) is 0. The molecule has 1 aromatic heterocycles. The molecule has 1 heterocycles. The molecule has 0 fully saturated rings. The summed E-state index contributed by atoms with van der Waals surface area (Å²) in [4.78, 5) is 0. The predicted octanol–water partition coefficient (Wildman–Crippen LogP) is 7.29. The number of hydrogen-bond donors (Lipinski definition) is 0. The summed E-state index contributed by atoms with van der Waals surface area (Å²) in [5.41, 5.74) is 7.04. The van der Waals surface area contributed by atoms with Crippen LogP contribution in [0.5, 0.6) is 0 Å². The van der Waals surface area contributed by atoms with Crippen LogP contribution in [0.2, 0.25) is 0 Å². The SMILES string of the molecule is CCn1c2ccc(-c3ccccc3)cc2c2cc(-c3ccc(F)cc3)ccc21. The molecule has 0 aliphatic carbocycles. The van der Waals surface area contributed by atoms with Gasteiger partial charge in [-0.15, -0.1) is 0 Å². The van der Waals surface area contributed by atoms with Crippen molar-refractivity contribution < 1.29 is 4.39 Å². The fourth-order valence-corrected chi connectivity index (χ4v) is 4.08. The molecule has 0 saturated heterocycles. The fourth-order valence-electron chi connectivity index (χ4n) is 4.08. The van der Waals surface area contributed by atoms with Crippen molar-refractivity contribution in [1.29, 1.82) is 0 Å². The molecule has 5 rings (SSSR count). The Morgan fingerprint density at radius 1 is 0.607 bits per heavy atom. The lowest BCUT2D eigenvalue weighted by Crippen LogP contribution is -1.92. The molecule has 28 heavy (non-hydrogen) atoms. The quantitative estimate of drug-likeness (QED) is 0.316. The maximum Gasteiger partial charge on any atom is 0.123 e. The first-order chi connectivity index (χ1) is 13.7. The van der Waals surface area contributed by atoms with Crippen LogP contribution >= 0.6 is 0 Å². The first kappa shape index (κ1) is 16.8. The summed E-state index contributed by atoms with van der Waals surface area (Å²) in [7, 11) is 0. The zero-order valence-corrected chi connectivity index (χ0v) is 15.7. The van der Waals surface area contributed by atoms with Gasteiger partial charge < -0.3 is 4.57 Å². The van der Waals surface area contributed by atoms with E-state index in [1.165, 1.54) is 45.1 Å². The van der Waals surface area contributed by atoms with Crippen LogP contribution in [0.3, 0.4) is 0 Å². The molecule has 136 valence electrons. The largest absolute Gasteiger partial charge is 0.341 e. The van der Waals surface area contributed by atoms with Gasteiger partial charge in [-0.1, -0.05) is 54.6 Å². The second kappa shape index (κ2) is 6.65. The maximum absolute atomic E-state index is 13.3. The van der Waals surface area contributed by atoms with E-state index >= 15 is 0 Å². The van der Waals surface area contributed by atoms with Gasteiger partial charge in [-0.05, 0) is 65.6 Å². The molecular weight excluding hydrogens is 345 g/mol. The van der Waals surface area contributed by atoms with Crippen molar-refractivity contribution in [3.63, 3.8) is 0 Å². The molecule has 0 aliphatic rings. The van der Waals surface area contributed by atoms with E-state index in [1.807, 2.05) is 18.2 Å². The number of aryl methyl sites for hydroxylation is 1. The van der Waals surface area contributed by atoms with Gasteiger partial charge in [0.25, 0.3) is 0 Å². The molecule has 4 aromatic carbocycles. The lowest BCUT2D eigenvalue weighted by atomic mass is 10.0. The molecule has 0 atom stereocenters. The molecule has 0 radical (unpaired) electrons. The van der Waals surface area contributed by atoms with Gasteiger partial charge in [-0.3, -0.25) is 0 Å². The van der Waals surface area contributed by atoms with Gasteiger partial charge in [0.05, 0.1) is 0 Å². The molecule has 0 aliphatic heterocycles. The number of hydrogen-bond acceptors (Lipinski definition) is 0. The fraction of sp³-hybridized carbons (Fsp3) is 0.0769. The van der Waals surface area contributed by atoms with Crippen LogP contribution in [-0.2, 0) is 6.54 Å². The smallest absolute Gasteiger partial charge is 0.123 e. The topological polar surface area (TPSA) is 4.93 Å². The van der Waals surface area contributed by atoms with Gasteiger partial charge in [0.15, 0.2) is 0 Å². The van der Waals surface area contributed by atoms with Crippen molar-refractivity contribution in [2.75, 3.05) is 0 Å². The highest BCUT2D eigenvalue weighted by atomic mass is 19.1. The second-order valence-corrected chi connectivity index (χ2v) is 7.08. The zero-order valence-electron chi connectivity index (χ0n) is 15.7. The van der Waals surface area contributed by atoms with Crippen molar-refractivity contribution in [3.8, 4) is 22.3 Å². The summed E-state index contributed by atoms with van der Waals surface area (Å²) in [5, 5.41) is 2.48. The van der Waals surface area contributed by atoms with Gasteiger partial charge in [-0.2, -0.15) is 0 Å². The first-order valence-corrected chi connectivity index (χ1v) is 9.62. The van der Waals surface area contributed by atoms with E-state index in [2.05, 4.69) is 72.2 Å². The summed E-state index contributed by atoms with van der Waals surface area (Å²) in [6, 6.07) is 30.4. The van der Waals surface area contributed by atoms with Crippen LogP contribution in [0.25, 0.3) is 44.1 Å². The van der Waals surface area contributed by atoms with Crippen molar-refractivity contribution in [3.05, 3.63) is 96.8 Å². The highest BCUT2D eigenvalue weighted by Gasteiger charge is 2.12. The van der Waals surface area contributed by atoms with Crippen molar-refractivity contribution in [1.82, 2.24) is 4.57 Å². The number of aromatic nitrogens is 1. The Morgan fingerprint density at radius 3 is 1.64 bits per heavy atom. The van der Waals surface area contributed by atoms with Crippen molar-refractivity contribution >= 4 is 21.8 Å². The Labute approximate surface area is 163 Å². The highest BCUT2D eigenvalue weighted by Crippen LogP contribution is 2.35. The third kappa shape index (κ3) is 2.69. The van der Waals surface area contributed by atoms with Crippen LogP contribution in [0.1, 0.15) is 6.92 Å². The Morgan fingerprint density at radius 2 is 1.11 bits per heavy atom. The molecule has 0 saturated carbocycles. The number of nitrogens with zero attached hydrogens (tertiary/aromatic N) is 1. The van der Waals surface area contributed by atoms with Crippen molar-refractivity contribution in [2.24, 2.45) is 0 Å². The van der Waals surface area contributed by atoms with Crippen molar-refractivity contribution in [2.45, 2.75) is 13.5 Å². The number of fused-ring (bicyclic) bond motifs is 3. The number of halogens is 1. The van der Waals surface area contributed by atoms with Gasteiger partial charge in [-0.25, -0.2) is 4.39 Å². The summed E-state index contributed by atoms with van der Waals surface area (Å²) >= 11 is 0. The first-order valence-electron chi connectivity index (χ1n) is 9.62. The number of rotatable bonds is 3. The second-order valence-electron chi connectivity index (χ2n) is 7.08. The molecular formula is C26H20FN. The molecule has 2 heteroatoms. The zero-order chi connectivity index (χ0) is 19.1. The van der Waals surface area contributed by atoms with Gasteiger partial charge >= 0.3 is 0 Å². The van der Waals surface area contributed by atoms with Crippen LogP contribution < -0.4 is 0 Å². The predicted molar refractivity (Wildman–Crippen MR) is 116 cm³/mol. The Hall–Kier alpha value is -3.39. The van der Waals surface area contributed by atoms with E-state index in [4.69, 9.17) is 0 Å². The molecule has 0 N–H and O–H groups in total. The minimum Gasteiger partial charge on any atom is -0.341 e. The minimum absolute atomic E-state index is 0.208. The van der Waals surface area contributed by atoms with E-state index in [1.54, 1.807) is 0 Å². The van der Waals surface area contributed by atoms with Crippen LogP contribution in [0, 0.1) is 5.82 Å². The van der Waals surface area contributed by atoms with E-state index in [9.17, 15) is 4.39 Å². The summed E-state index contributed by atoms with van der Waals surface area (Å²) in [6.45, 7) is 3.10. The Balaban J connectivity index is 1.76. The van der Waals surface area contributed by atoms with Crippen LogP contribution in [0.15, 0.2) is 91.0 Å². The Kier molecular flexibility index (Phi) is 3.98. The van der Waals surface area contributed by atoms with E-state index < -0.39 is 0 Å². The molecule has 0 amide bonds. The lowest BCUT2D eigenvalue weighted by molar-refractivity contribution is 0.628. The third-order valence-electron chi connectivity index (χ3n) is 5.47. The third-order valence-corrected chi connectivity index (χ3v) is 5.47. The highest BCUT2D eigenvalue weighted by molar-refractivity contribution is 6.10. The standard InChI is InChI=1S/C26H20FN/c1-2-28-25-14-10-20(18-6-4-3-5-7-18)16-23(25)24-17-21(11-15-26(24)28)19-8-12-22(27)13-9-19/h3-17H,2H2,1H3. The van der Waals surface area contributed by atoms with Gasteiger partial charge in [0.2, 0.25) is 0 Å². The summed E-state index contributed by atoms with van der Waals surface area (Å²) in [5.74, 6) is -0.208. The van der Waals surface area contributed by atoms with Gasteiger partial charge in [0.1, 0.15) is 5.82 Å². The average Bonchev–Trinajstić information content (AvgIpc) is 3.07. The van der Waals surface area contributed by atoms with E-state index in [-0.39, 0.29) is 5.82 Å². The van der Waals surface area contributed by atoms with Crippen LogP contribution in [0.4, 0.5) is 4.39 Å². The van der Waals surface area contributed by atoms with Gasteiger partial charge in [0, 0.05) is 28.4 Å². The minimum atomic E-state index is -0.208. The number of benzene rings is 4. The molecule has 1 nitrogen and oxygen atoms in total. The molecule has 0 unspecified atom stereocenters. The van der Waals surface area contributed by atoms with E-state index in [0.717, 1.165) is 17.7 Å². The lowest BCUT2D eigenvalue weighted by Gasteiger charge is -2.05. The Bertz CT molecular complexity index is 1280. The average molecular weight is 365 g/mol. The molecule has 5 aromatic rings. The van der Waals surface area contributed by atoms with E-state index in [0.29, 0.717) is 0 Å².